The Labute approximate surface area is 93.5 Å². The average Bonchev–Trinajstić information content (AvgIpc) is 2.63. The first-order valence-electron chi connectivity index (χ1n) is 4.54. The lowest BCUT2D eigenvalue weighted by Crippen LogP contribution is -2.18. The van der Waals surface area contributed by atoms with Crippen LogP contribution in [0.3, 0.4) is 0 Å². The molecule has 14 heavy (non-hydrogen) atoms. The van der Waals surface area contributed by atoms with Crippen molar-refractivity contribution in [3.63, 3.8) is 0 Å². The molecular weight excluding hydrogens is 220 g/mol. The van der Waals surface area contributed by atoms with Gasteiger partial charge in [0.2, 0.25) is 0 Å². The summed E-state index contributed by atoms with van der Waals surface area (Å²) in [4.78, 5) is 0. The smallest absolute Gasteiger partial charge is 0.148 e. The molecule has 0 bridgehead atoms. The monoisotopic (exact) mass is 234 g/mol. The van der Waals surface area contributed by atoms with Crippen molar-refractivity contribution in [2.75, 3.05) is 13.0 Å². The molecular formula is C9H15ClN2OS. The molecule has 0 atom stereocenters. The van der Waals surface area contributed by atoms with Crippen molar-refractivity contribution in [3.8, 4) is 0 Å². The van der Waals surface area contributed by atoms with Crippen molar-refractivity contribution in [1.29, 1.82) is 0 Å². The van der Waals surface area contributed by atoms with Crippen LogP contribution in [0.2, 0.25) is 0 Å². The number of nitrogens with zero attached hydrogens (tertiary/aromatic N) is 2. The number of halogens is 1. The Morgan fingerprint density at radius 1 is 1.43 bits per heavy atom. The molecule has 0 saturated heterocycles. The number of methoxy groups -OCH3 is 1. The van der Waals surface area contributed by atoms with Crippen molar-refractivity contribution in [3.05, 3.63) is 10.0 Å². The molecule has 0 saturated carbocycles. The highest BCUT2D eigenvalue weighted by molar-refractivity contribution is 7.11. The van der Waals surface area contributed by atoms with Gasteiger partial charge in [-0.3, -0.25) is 0 Å². The zero-order valence-electron chi connectivity index (χ0n) is 8.71. The van der Waals surface area contributed by atoms with Gasteiger partial charge in [-0.25, -0.2) is 0 Å². The van der Waals surface area contributed by atoms with Crippen molar-refractivity contribution in [2.45, 2.75) is 32.3 Å². The van der Waals surface area contributed by atoms with E-state index in [1.165, 1.54) is 0 Å². The summed E-state index contributed by atoms with van der Waals surface area (Å²) in [5.74, 6) is 0.669. The number of alkyl halides is 1. The summed E-state index contributed by atoms with van der Waals surface area (Å²) in [6.45, 7) is 3.97. The van der Waals surface area contributed by atoms with Crippen LogP contribution in [-0.2, 0) is 16.8 Å². The van der Waals surface area contributed by atoms with E-state index in [0.717, 1.165) is 22.9 Å². The van der Waals surface area contributed by atoms with Crippen LogP contribution in [0.4, 0.5) is 0 Å². The fourth-order valence-electron chi connectivity index (χ4n) is 0.903. The van der Waals surface area contributed by atoms with Gasteiger partial charge >= 0.3 is 0 Å². The Kier molecular flexibility index (Phi) is 4.29. The minimum atomic E-state index is -0.336. The van der Waals surface area contributed by atoms with E-state index in [2.05, 4.69) is 10.2 Å². The van der Waals surface area contributed by atoms with E-state index in [0.29, 0.717) is 5.88 Å². The Bertz CT molecular complexity index is 288. The maximum Gasteiger partial charge on any atom is 0.148 e. The molecule has 5 heteroatoms. The minimum Gasteiger partial charge on any atom is -0.372 e. The maximum atomic E-state index is 5.61. The SMILES string of the molecule is COC(C)(C)c1nnc(CCCCl)s1. The second-order valence-electron chi connectivity index (χ2n) is 3.51. The van der Waals surface area contributed by atoms with Crippen molar-refractivity contribution < 1.29 is 4.74 Å². The van der Waals surface area contributed by atoms with Crippen molar-refractivity contribution >= 4 is 22.9 Å². The van der Waals surface area contributed by atoms with Crippen LogP contribution < -0.4 is 0 Å². The summed E-state index contributed by atoms with van der Waals surface area (Å²) in [5.41, 5.74) is -0.336. The molecule has 1 heterocycles. The van der Waals surface area contributed by atoms with Crippen LogP contribution in [0.25, 0.3) is 0 Å². The molecule has 3 nitrogen and oxygen atoms in total. The van der Waals surface area contributed by atoms with Crippen LogP contribution in [0.15, 0.2) is 0 Å². The van der Waals surface area contributed by atoms with E-state index in [-0.39, 0.29) is 5.60 Å². The van der Waals surface area contributed by atoms with Gasteiger partial charge in [-0.2, -0.15) is 0 Å². The standard InChI is InChI=1S/C9H15ClN2OS/c1-9(2,13-3)8-12-11-7(14-8)5-4-6-10/h4-6H2,1-3H3. The van der Waals surface area contributed by atoms with Gasteiger partial charge in [-0.15, -0.1) is 21.8 Å². The molecule has 0 aliphatic rings. The highest BCUT2D eigenvalue weighted by Gasteiger charge is 2.24. The van der Waals surface area contributed by atoms with Gasteiger partial charge in [0, 0.05) is 19.4 Å². The highest BCUT2D eigenvalue weighted by atomic mass is 35.5. The quantitative estimate of drug-likeness (QED) is 0.735. The molecule has 0 aliphatic carbocycles. The number of rotatable bonds is 5. The van der Waals surface area contributed by atoms with E-state index in [1.54, 1.807) is 18.4 Å². The molecule has 0 unspecified atom stereocenters. The molecule has 1 aromatic heterocycles. The molecule has 0 spiro atoms. The number of aromatic nitrogens is 2. The van der Waals surface area contributed by atoms with E-state index < -0.39 is 0 Å². The third-order valence-electron chi connectivity index (χ3n) is 2.02. The zero-order valence-corrected chi connectivity index (χ0v) is 10.3. The molecule has 1 aromatic rings. The molecule has 0 fully saturated rings. The third-order valence-corrected chi connectivity index (χ3v) is 3.57. The highest BCUT2D eigenvalue weighted by Crippen LogP contribution is 2.26. The molecule has 0 aliphatic heterocycles. The number of ether oxygens (including phenoxy) is 1. The summed E-state index contributed by atoms with van der Waals surface area (Å²) in [6.07, 6.45) is 1.85. The summed E-state index contributed by atoms with van der Waals surface area (Å²) in [5, 5.41) is 10.2. The number of aryl methyl sites for hydroxylation is 1. The second-order valence-corrected chi connectivity index (χ2v) is 4.95. The molecule has 1 rings (SSSR count). The number of hydrogen-bond acceptors (Lipinski definition) is 4. The van der Waals surface area contributed by atoms with Crippen LogP contribution in [0.5, 0.6) is 0 Å². The molecule has 0 aromatic carbocycles. The molecule has 0 amide bonds. The van der Waals surface area contributed by atoms with E-state index in [4.69, 9.17) is 16.3 Å². The Hall–Kier alpha value is -0.190. The van der Waals surface area contributed by atoms with Crippen LogP contribution in [-0.4, -0.2) is 23.2 Å². The lowest BCUT2D eigenvalue weighted by Gasteiger charge is -2.18. The Morgan fingerprint density at radius 2 is 2.14 bits per heavy atom. The summed E-state index contributed by atoms with van der Waals surface area (Å²) in [6, 6.07) is 0. The van der Waals surface area contributed by atoms with Gasteiger partial charge in [-0.05, 0) is 20.3 Å². The second kappa shape index (κ2) is 5.05. The summed E-state index contributed by atoms with van der Waals surface area (Å²) < 4.78 is 5.32. The van der Waals surface area contributed by atoms with Crippen LogP contribution in [0.1, 0.15) is 30.3 Å². The predicted octanol–water partition coefficient (Wildman–Crippen LogP) is 2.59. The number of hydrogen-bond donors (Lipinski definition) is 0. The lowest BCUT2D eigenvalue weighted by molar-refractivity contribution is 0.0185. The maximum absolute atomic E-state index is 5.61. The molecule has 0 radical (unpaired) electrons. The van der Waals surface area contributed by atoms with Crippen molar-refractivity contribution in [2.24, 2.45) is 0 Å². The first-order valence-corrected chi connectivity index (χ1v) is 5.89. The minimum absolute atomic E-state index is 0.336. The van der Waals surface area contributed by atoms with Crippen LogP contribution >= 0.6 is 22.9 Å². The van der Waals surface area contributed by atoms with Crippen molar-refractivity contribution in [1.82, 2.24) is 10.2 Å². The zero-order chi connectivity index (χ0) is 10.6. The summed E-state index contributed by atoms with van der Waals surface area (Å²) >= 11 is 7.21. The average molecular weight is 235 g/mol. The van der Waals surface area contributed by atoms with Crippen LogP contribution in [0, 0.1) is 0 Å². The van der Waals surface area contributed by atoms with Gasteiger partial charge in [0.15, 0.2) is 0 Å². The lowest BCUT2D eigenvalue weighted by atomic mass is 10.1. The van der Waals surface area contributed by atoms with E-state index in [9.17, 15) is 0 Å². The van der Waals surface area contributed by atoms with Gasteiger partial charge in [0.05, 0.1) is 0 Å². The topological polar surface area (TPSA) is 35.0 Å². The molecule has 80 valence electrons. The first-order chi connectivity index (χ1) is 6.60. The fraction of sp³-hybridized carbons (Fsp3) is 0.778. The Morgan fingerprint density at radius 3 is 2.71 bits per heavy atom. The van der Waals surface area contributed by atoms with Gasteiger partial charge in [0.25, 0.3) is 0 Å². The van der Waals surface area contributed by atoms with E-state index in [1.807, 2.05) is 13.8 Å². The summed E-state index contributed by atoms with van der Waals surface area (Å²) in [7, 11) is 1.68. The largest absolute Gasteiger partial charge is 0.372 e. The molecule has 0 N–H and O–H groups in total. The first kappa shape index (κ1) is 11.9. The van der Waals surface area contributed by atoms with Gasteiger partial charge in [-0.1, -0.05) is 11.3 Å². The fourth-order valence-corrected chi connectivity index (χ4v) is 2.00. The predicted molar refractivity (Wildman–Crippen MR) is 59.0 cm³/mol. The normalized spacial score (nSPS) is 12.0. The van der Waals surface area contributed by atoms with Gasteiger partial charge < -0.3 is 4.74 Å². The van der Waals surface area contributed by atoms with Gasteiger partial charge in [0.1, 0.15) is 15.6 Å². The van der Waals surface area contributed by atoms with E-state index >= 15 is 0 Å². The third kappa shape index (κ3) is 2.90. The Balaban J connectivity index is 2.67.